The highest BCUT2D eigenvalue weighted by Crippen LogP contribution is 2.26. The molecule has 0 saturated heterocycles. The Kier molecular flexibility index (Phi) is 4.14. The molecule has 6 nitrogen and oxygen atoms in total. The summed E-state index contributed by atoms with van der Waals surface area (Å²) in [6.45, 7) is 4.69. The first-order valence-corrected chi connectivity index (χ1v) is 6.52. The Morgan fingerprint density at radius 1 is 1.45 bits per heavy atom. The lowest BCUT2D eigenvalue weighted by Gasteiger charge is -2.15. The number of rotatable bonds is 5. The van der Waals surface area contributed by atoms with Gasteiger partial charge in [-0.3, -0.25) is 10.1 Å². The van der Waals surface area contributed by atoms with Crippen LogP contribution in [0.5, 0.6) is 0 Å². The second-order valence-electron chi connectivity index (χ2n) is 5.08. The van der Waals surface area contributed by atoms with Crippen molar-refractivity contribution in [3.63, 3.8) is 0 Å². The Morgan fingerprint density at radius 2 is 2.20 bits per heavy atom. The molecule has 1 atom stereocenters. The fourth-order valence-electron chi connectivity index (χ4n) is 2.16. The van der Waals surface area contributed by atoms with Crippen LogP contribution in [-0.4, -0.2) is 21.4 Å². The summed E-state index contributed by atoms with van der Waals surface area (Å²) in [5, 5.41) is 10.8. The number of aromatic nitrogens is 2. The van der Waals surface area contributed by atoms with Gasteiger partial charge in [0.2, 0.25) is 0 Å². The minimum Gasteiger partial charge on any atom is -0.342 e. The highest BCUT2D eigenvalue weighted by Gasteiger charge is 2.18. The van der Waals surface area contributed by atoms with Crippen molar-refractivity contribution in [2.24, 2.45) is 11.7 Å². The van der Waals surface area contributed by atoms with Gasteiger partial charge in [0.25, 0.3) is 5.69 Å². The lowest BCUT2D eigenvalue weighted by atomic mass is 9.95. The summed E-state index contributed by atoms with van der Waals surface area (Å²) in [5.41, 5.74) is 7.35. The van der Waals surface area contributed by atoms with Crippen LogP contribution >= 0.6 is 0 Å². The normalized spacial score (nSPS) is 12.6. The van der Waals surface area contributed by atoms with E-state index in [9.17, 15) is 10.1 Å². The highest BCUT2D eigenvalue weighted by atomic mass is 16.6. The molecule has 20 heavy (non-hydrogen) atoms. The monoisotopic (exact) mass is 274 g/mol. The van der Waals surface area contributed by atoms with Crippen molar-refractivity contribution in [2.45, 2.75) is 19.8 Å². The van der Waals surface area contributed by atoms with Crippen LogP contribution in [0, 0.1) is 16.0 Å². The maximum atomic E-state index is 10.8. The molecule has 1 heterocycles. The molecule has 0 fully saturated rings. The maximum absolute atomic E-state index is 10.8. The third-order valence-corrected chi connectivity index (χ3v) is 3.37. The number of benzene rings is 1. The van der Waals surface area contributed by atoms with Crippen molar-refractivity contribution < 1.29 is 4.92 Å². The van der Waals surface area contributed by atoms with Crippen LogP contribution in [-0.2, 0) is 0 Å². The molecule has 1 unspecified atom stereocenters. The molecule has 2 rings (SSSR count). The van der Waals surface area contributed by atoms with E-state index in [0.717, 1.165) is 17.1 Å². The van der Waals surface area contributed by atoms with E-state index in [4.69, 9.17) is 5.73 Å². The Bertz CT molecular complexity index is 607. The van der Waals surface area contributed by atoms with Crippen LogP contribution in [0.25, 0.3) is 11.3 Å². The zero-order valence-corrected chi connectivity index (χ0v) is 11.5. The fraction of sp³-hybridized carbons (Fsp3) is 0.357. The molecule has 0 saturated carbocycles. The van der Waals surface area contributed by atoms with E-state index in [2.05, 4.69) is 23.8 Å². The van der Waals surface area contributed by atoms with Gasteiger partial charge in [0, 0.05) is 30.2 Å². The number of nitro benzene ring substituents is 1. The molecular formula is C14H18N4O2. The minimum atomic E-state index is -0.405. The Labute approximate surface area is 117 Å². The van der Waals surface area contributed by atoms with Gasteiger partial charge in [-0.2, -0.15) is 0 Å². The maximum Gasteiger partial charge on any atom is 0.270 e. The molecule has 3 N–H and O–H groups in total. The number of hydrogen-bond acceptors (Lipinski definition) is 4. The van der Waals surface area contributed by atoms with Crippen LogP contribution in [0.15, 0.2) is 30.5 Å². The summed E-state index contributed by atoms with van der Waals surface area (Å²) in [5.74, 6) is 1.36. The smallest absolute Gasteiger partial charge is 0.270 e. The van der Waals surface area contributed by atoms with E-state index in [1.54, 1.807) is 12.3 Å². The van der Waals surface area contributed by atoms with Gasteiger partial charge in [-0.1, -0.05) is 26.0 Å². The quantitative estimate of drug-likeness (QED) is 0.647. The lowest BCUT2D eigenvalue weighted by Crippen LogP contribution is -2.19. The Hall–Kier alpha value is -2.21. The number of imidazole rings is 1. The number of non-ortho nitro benzene ring substituents is 1. The number of nitrogens with zero attached hydrogens (tertiary/aromatic N) is 2. The van der Waals surface area contributed by atoms with Gasteiger partial charge in [0.05, 0.1) is 16.8 Å². The second kappa shape index (κ2) is 5.83. The van der Waals surface area contributed by atoms with E-state index in [1.165, 1.54) is 12.1 Å². The van der Waals surface area contributed by atoms with E-state index < -0.39 is 4.92 Å². The van der Waals surface area contributed by atoms with Gasteiger partial charge in [-0.25, -0.2) is 4.98 Å². The van der Waals surface area contributed by atoms with Gasteiger partial charge in [0.15, 0.2) is 0 Å². The van der Waals surface area contributed by atoms with Gasteiger partial charge in [0.1, 0.15) is 5.82 Å². The van der Waals surface area contributed by atoms with Crippen molar-refractivity contribution in [2.75, 3.05) is 6.54 Å². The van der Waals surface area contributed by atoms with Crippen LogP contribution in [0.4, 0.5) is 5.69 Å². The lowest BCUT2D eigenvalue weighted by molar-refractivity contribution is -0.384. The Morgan fingerprint density at radius 3 is 2.80 bits per heavy atom. The number of nitrogens with two attached hydrogens (primary N) is 1. The van der Waals surface area contributed by atoms with Crippen molar-refractivity contribution in [1.82, 2.24) is 9.97 Å². The van der Waals surface area contributed by atoms with Crippen molar-refractivity contribution >= 4 is 5.69 Å². The first-order chi connectivity index (χ1) is 9.52. The summed E-state index contributed by atoms with van der Waals surface area (Å²) in [7, 11) is 0. The number of nitro groups is 1. The summed E-state index contributed by atoms with van der Waals surface area (Å²) in [6.07, 6.45) is 1.69. The molecule has 0 bridgehead atoms. The predicted molar refractivity (Wildman–Crippen MR) is 77.3 cm³/mol. The molecule has 0 aliphatic heterocycles. The van der Waals surface area contributed by atoms with Crippen LogP contribution < -0.4 is 5.73 Å². The minimum absolute atomic E-state index is 0.0675. The topological polar surface area (TPSA) is 97.8 Å². The predicted octanol–water partition coefficient (Wildman–Crippen LogP) is 2.68. The summed E-state index contributed by atoms with van der Waals surface area (Å²) in [4.78, 5) is 18.0. The van der Waals surface area contributed by atoms with Crippen LogP contribution in [0.3, 0.4) is 0 Å². The molecule has 2 aromatic rings. The molecule has 0 amide bonds. The molecule has 0 spiro atoms. The number of H-pyrrole nitrogens is 1. The molecule has 1 aromatic heterocycles. The first kappa shape index (κ1) is 14.2. The summed E-state index contributed by atoms with van der Waals surface area (Å²) < 4.78 is 0. The Balaban J connectivity index is 2.33. The van der Waals surface area contributed by atoms with Gasteiger partial charge in [-0.15, -0.1) is 0 Å². The molecule has 106 valence electrons. The fourth-order valence-corrected chi connectivity index (χ4v) is 2.16. The average molecular weight is 274 g/mol. The SMILES string of the molecule is CC(C)C(CN)c1ncc(-c2cccc([N+](=O)[O-])c2)[nH]1. The third kappa shape index (κ3) is 2.85. The molecule has 0 aliphatic rings. The van der Waals surface area contributed by atoms with Gasteiger partial charge in [-0.05, 0) is 5.92 Å². The molecular weight excluding hydrogens is 256 g/mol. The van der Waals surface area contributed by atoms with E-state index in [-0.39, 0.29) is 11.6 Å². The zero-order chi connectivity index (χ0) is 14.7. The standard InChI is InChI=1S/C14H18N4O2/c1-9(2)12(7-15)14-16-8-13(17-14)10-4-3-5-11(6-10)18(19)20/h3-6,8-9,12H,7,15H2,1-2H3,(H,16,17). The number of hydrogen-bond donors (Lipinski definition) is 2. The highest BCUT2D eigenvalue weighted by molar-refractivity contribution is 5.62. The van der Waals surface area contributed by atoms with Gasteiger partial charge < -0.3 is 10.7 Å². The number of aromatic amines is 1. The van der Waals surface area contributed by atoms with Crippen molar-refractivity contribution in [3.05, 3.63) is 46.4 Å². The second-order valence-corrected chi connectivity index (χ2v) is 5.08. The molecule has 0 aliphatic carbocycles. The molecule has 0 radical (unpaired) electrons. The van der Waals surface area contributed by atoms with Crippen LogP contribution in [0.1, 0.15) is 25.6 Å². The summed E-state index contributed by atoms with van der Waals surface area (Å²) >= 11 is 0. The molecule has 6 heteroatoms. The average Bonchev–Trinajstić information content (AvgIpc) is 2.89. The molecule has 1 aromatic carbocycles. The zero-order valence-electron chi connectivity index (χ0n) is 11.5. The first-order valence-electron chi connectivity index (χ1n) is 6.52. The van der Waals surface area contributed by atoms with E-state index >= 15 is 0 Å². The summed E-state index contributed by atoms with van der Waals surface area (Å²) in [6, 6.07) is 6.48. The van der Waals surface area contributed by atoms with E-state index in [0.29, 0.717) is 12.5 Å². The van der Waals surface area contributed by atoms with Crippen LogP contribution in [0.2, 0.25) is 0 Å². The van der Waals surface area contributed by atoms with Gasteiger partial charge >= 0.3 is 0 Å². The van der Waals surface area contributed by atoms with Crippen molar-refractivity contribution in [3.8, 4) is 11.3 Å². The van der Waals surface area contributed by atoms with E-state index in [1.807, 2.05) is 6.07 Å². The largest absolute Gasteiger partial charge is 0.342 e. The van der Waals surface area contributed by atoms with Crippen molar-refractivity contribution in [1.29, 1.82) is 0 Å². The third-order valence-electron chi connectivity index (χ3n) is 3.37. The number of nitrogens with one attached hydrogen (secondary N) is 1.